The first-order valence-corrected chi connectivity index (χ1v) is 9.79. The van der Waals surface area contributed by atoms with Crippen LogP contribution >= 0.6 is 0 Å². The summed E-state index contributed by atoms with van der Waals surface area (Å²) in [6, 6.07) is 12.8. The molecule has 4 rings (SSSR count). The Balaban J connectivity index is 1.53. The maximum Gasteiger partial charge on any atom is 0.0855 e. The highest BCUT2D eigenvalue weighted by Gasteiger charge is 2.22. The Kier molecular flexibility index (Phi) is 4.53. The number of rotatable bonds is 3. The molecule has 2 aromatic rings. The van der Waals surface area contributed by atoms with Crippen molar-refractivity contribution in [3.05, 3.63) is 58.7 Å². The molecule has 1 atom stereocenters. The maximum atomic E-state index is 13.0. The SMILES string of the molecule is Cc1ccc2c(c1)Cc1ccc(CCN3CCOCC3)cc1S2=O. The van der Waals surface area contributed by atoms with Gasteiger partial charge in [-0.05, 0) is 48.6 Å². The van der Waals surface area contributed by atoms with Crippen LogP contribution in [0.25, 0.3) is 0 Å². The fourth-order valence-electron chi connectivity index (χ4n) is 3.54. The number of benzene rings is 2. The zero-order valence-electron chi connectivity index (χ0n) is 14.1. The maximum absolute atomic E-state index is 13.0. The summed E-state index contributed by atoms with van der Waals surface area (Å²) < 4.78 is 18.4. The van der Waals surface area contributed by atoms with E-state index >= 15 is 0 Å². The van der Waals surface area contributed by atoms with Crippen LogP contribution < -0.4 is 0 Å². The van der Waals surface area contributed by atoms with Gasteiger partial charge in [0.1, 0.15) is 0 Å². The van der Waals surface area contributed by atoms with E-state index in [1.807, 2.05) is 6.07 Å². The summed E-state index contributed by atoms with van der Waals surface area (Å²) in [7, 11) is -1.05. The Morgan fingerprint density at radius 3 is 2.71 bits per heavy atom. The van der Waals surface area contributed by atoms with Gasteiger partial charge < -0.3 is 4.74 Å². The lowest BCUT2D eigenvalue weighted by atomic mass is 10.0. The summed E-state index contributed by atoms with van der Waals surface area (Å²) in [6.07, 6.45) is 1.90. The first kappa shape index (κ1) is 16.0. The number of fused-ring (bicyclic) bond motifs is 2. The van der Waals surface area contributed by atoms with E-state index in [0.717, 1.165) is 55.5 Å². The molecule has 1 unspecified atom stereocenters. The van der Waals surface area contributed by atoms with E-state index < -0.39 is 10.8 Å². The number of ether oxygens (including phenoxy) is 1. The molecule has 1 saturated heterocycles. The second-order valence-electron chi connectivity index (χ2n) is 6.70. The molecule has 0 spiro atoms. The zero-order valence-corrected chi connectivity index (χ0v) is 14.9. The average Bonchev–Trinajstić information content (AvgIpc) is 2.61. The summed E-state index contributed by atoms with van der Waals surface area (Å²) in [5, 5.41) is 0. The molecule has 0 radical (unpaired) electrons. The quantitative estimate of drug-likeness (QED) is 0.734. The van der Waals surface area contributed by atoms with E-state index in [0.29, 0.717) is 0 Å². The van der Waals surface area contributed by atoms with Crippen molar-refractivity contribution in [1.82, 2.24) is 4.90 Å². The molecule has 2 aliphatic rings. The van der Waals surface area contributed by atoms with Crippen LogP contribution in [0.4, 0.5) is 0 Å². The predicted octanol–water partition coefficient (Wildman–Crippen LogP) is 2.94. The summed E-state index contributed by atoms with van der Waals surface area (Å²) in [6.45, 7) is 6.85. The van der Waals surface area contributed by atoms with Crippen LogP contribution in [0, 0.1) is 6.92 Å². The smallest absolute Gasteiger partial charge is 0.0855 e. The van der Waals surface area contributed by atoms with Gasteiger partial charge in [0, 0.05) is 29.4 Å². The lowest BCUT2D eigenvalue weighted by Crippen LogP contribution is -2.37. The van der Waals surface area contributed by atoms with Crippen molar-refractivity contribution in [3.8, 4) is 0 Å². The number of nitrogens with zero attached hydrogens (tertiary/aromatic N) is 1. The van der Waals surface area contributed by atoms with Crippen LogP contribution in [-0.4, -0.2) is 42.0 Å². The second kappa shape index (κ2) is 6.79. The number of hydrogen-bond donors (Lipinski definition) is 0. The highest BCUT2D eigenvalue weighted by Crippen LogP contribution is 2.32. The van der Waals surface area contributed by atoms with Crippen molar-refractivity contribution in [3.63, 3.8) is 0 Å². The number of aryl methyl sites for hydroxylation is 1. The lowest BCUT2D eigenvalue weighted by molar-refractivity contribution is 0.0384. The highest BCUT2D eigenvalue weighted by atomic mass is 32.2. The Labute approximate surface area is 146 Å². The summed E-state index contributed by atoms with van der Waals surface area (Å²) in [5.41, 5.74) is 4.93. The highest BCUT2D eigenvalue weighted by molar-refractivity contribution is 7.85. The Morgan fingerprint density at radius 2 is 1.88 bits per heavy atom. The zero-order chi connectivity index (χ0) is 16.5. The van der Waals surface area contributed by atoms with Gasteiger partial charge in [-0.1, -0.05) is 29.8 Å². The first-order valence-electron chi connectivity index (χ1n) is 8.64. The van der Waals surface area contributed by atoms with Gasteiger partial charge in [-0.3, -0.25) is 4.90 Å². The van der Waals surface area contributed by atoms with E-state index in [4.69, 9.17) is 4.74 Å². The standard InChI is InChI=1S/C20H23NO2S/c1-15-2-5-19-18(12-15)14-17-4-3-16(13-20(17)24(19)22)6-7-21-8-10-23-11-9-21/h2-5,12-13H,6-11,14H2,1H3. The minimum atomic E-state index is -1.05. The fourth-order valence-corrected chi connectivity index (χ4v) is 4.97. The molecule has 3 nitrogen and oxygen atoms in total. The molecule has 2 aliphatic heterocycles. The normalized spacial score (nSPS) is 20.5. The molecule has 1 fully saturated rings. The van der Waals surface area contributed by atoms with Crippen molar-refractivity contribution in [2.24, 2.45) is 0 Å². The summed E-state index contributed by atoms with van der Waals surface area (Å²) in [4.78, 5) is 4.43. The van der Waals surface area contributed by atoms with Gasteiger partial charge in [-0.2, -0.15) is 0 Å². The van der Waals surface area contributed by atoms with Crippen LogP contribution in [0.2, 0.25) is 0 Å². The van der Waals surface area contributed by atoms with Crippen LogP contribution in [0.1, 0.15) is 22.3 Å². The molecule has 0 N–H and O–H groups in total. The van der Waals surface area contributed by atoms with Gasteiger partial charge in [0.15, 0.2) is 0 Å². The van der Waals surface area contributed by atoms with Gasteiger partial charge in [-0.15, -0.1) is 0 Å². The largest absolute Gasteiger partial charge is 0.379 e. The van der Waals surface area contributed by atoms with Crippen molar-refractivity contribution in [2.45, 2.75) is 29.6 Å². The molecule has 24 heavy (non-hydrogen) atoms. The van der Waals surface area contributed by atoms with E-state index in [1.165, 1.54) is 22.3 Å². The van der Waals surface area contributed by atoms with Crippen LogP contribution in [0.3, 0.4) is 0 Å². The third kappa shape index (κ3) is 3.18. The molecule has 0 aliphatic carbocycles. The molecule has 0 amide bonds. The van der Waals surface area contributed by atoms with Gasteiger partial charge in [0.05, 0.1) is 24.0 Å². The third-order valence-corrected chi connectivity index (χ3v) is 6.53. The Bertz CT molecular complexity index is 781. The molecule has 2 heterocycles. The van der Waals surface area contributed by atoms with Gasteiger partial charge in [0.2, 0.25) is 0 Å². The molecule has 2 aromatic carbocycles. The predicted molar refractivity (Wildman–Crippen MR) is 96.1 cm³/mol. The van der Waals surface area contributed by atoms with E-state index in [1.54, 1.807) is 0 Å². The molecule has 0 saturated carbocycles. The molecule has 0 bridgehead atoms. The van der Waals surface area contributed by atoms with Crippen LogP contribution in [-0.2, 0) is 28.4 Å². The molecular formula is C20H23NO2S. The minimum absolute atomic E-state index is 0.838. The third-order valence-electron chi connectivity index (χ3n) is 4.95. The van der Waals surface area contributed by atoms with Crippen molar-refractivity contribution in [1.29, 1.82) is 0 Å². The number of hydrogen-bond acceptors (Lipinski definition) is 3. The second-order valence-corrected chi connectivity index (χ2v) is 8.12. The van der Waals surface area contributed by atoms with Gasteiger partial charge >= 0.3 is 0 Å². The average molecular weight is 341 g/mol. The molecule has 0 aromatic heterocycles. The molecule has 4 heteroatoms. The summed E-state index contributed by atoms with van der Waals surface area (Å²) >= 11 is 0. The lowest BCUT2D eigenvalue weighted by Gasteiger charge is -2.26. The number of morpholine rings is 1. The van der Waals surface area contributed by atoms with Crippen molar-refractivity contribution in [2.75, 3.05) is 32.8 Å². The minimum Gasteiger partial charge on any atom is -0.379 e. The summed E-state index contributed by atoms with van der Waals surface area (Å²) in [5.74, 6) is 0. The van der Waals surface area contributed by atoms with Crippen molar-refractivity contribution >= 4 is 10.8 Å². The van der Waals surface area contributed by atoms with Crippen molar-refractivity contribution < 1.29 is 8.95 Å². The van der Waals surface area contributed by atoms with Crippen LogP contribution in [0.15, 0.2) is 46.2 Å². The molecule has 126 valence electrons. The van der Waals surface area contributed by atoms with E-state index in [2.05, 4.69) is 42.2 Å². The van der Waals surface area contributed by atoms with E-state index in [9.17, 15) is 4.21 Å². The monoisotopic (exact) mass is 341 g/mol. The van der Waals surface area contributed by atoms with Crippen LogP contribution in [0.5, 0.6) is 0 Å². The van der Waals surface area contributed by atoms with Gasteiger partial charge in [-0.25, -0.2) is 4.21 Å². The Hall–Kier alpha value is -1.49. The first-order chi connectivity index (χ1) is 11.7. The van der Waals surface area contributed by atoms with E-state index in [-0.39, 0.29) is 0 Å². The molecular weight excluding hydrogens is 318 g/mol. The fraction of sp³-hybridized carbons (Fsp3) is 0.400. The Morgan fingerprint density at radius 1 is 1.04 bits per heavy atom. The topological polar surface area (TPSA) is 29.5 Å². The van der Waals surface area contributed by atoms with Gasteiger partial charge in [0.25, 0.3) is 0 Å².